The fraction of sp³-hybridized carbons (Fsp3) is 0.435. The molecule has 10 heteroatoms. The van der Waals surface area contributed by atoms with Gasteiger partial charge in [0.15, 0.2) is 5.60 Å². The summed E-state index contributed by atoms with van der Waals surface area (Å²) < 4.78 is 0. The van der Waals surface area contributed by atoms with Gasteiger partial charge < -0.3 is 26.2 Å². The number of nitrogens with two attached hydrogens (primary N) is 1. The van der Waals surface area contributed by atoms with Gasteiger partial charge in [0.1, 0.15) is 28.5 Å². The fourth-order valence-corrected chi connectivity index (χ4v) is 6.08. The molecule has 0 heterocycles. The zero-order valence-electron chi connectivity index (χ0n) is 18.8. The van der Waals surface area contributed by atoms with Gasteiger partial charge in [-0.25, -0.2) is 0 Å². The molecule has 176 valence electrons. The smallest absolute Gasteiger partial charge is 0.256 e. The maximum atomic E-state index is 13.8. The minimum atomic E-state index is -2.77. The molecule has 1 saturated carbocycles. The van der Waals surface area contributed by atoms with Crippen LogP contribution >= 0.6 is 0 Å². The SMILES string of the molecule is CN(C)C1(N(C)C)C(O)=C(C(N)=O)C(=O)C2(O)C(=O)C3=C(O)c4c(O)cccc4CC3CC21. The first kappa shape index (κ1) is 23.0. The summed E-state index contributed by atoms with van der Waals surface area (Å²) in [5.41, 5.74) is 0.649. The third-order valence-corrected chi connectivity index (χ3v) is 7.37. The minimum Gasteiger partial charge on any atom is -0.508 e. The Bertz CT molecular complexity index is 1160. The average Bonchev–Trinajstić information content (AvgIpc) is 2.70. The van der Waals surface area contributed by atoms with Crippen molar-refractivity contribution in [3.63, 3.8) is 0 Å². The van der Waals surface area contributed by atoms with E-state index in [-0.39, 0.29) is 29.7 Å². The van der Waals surface area contributed by atoms with Crippen molar-refractivity contribution in [1.29, 1.82) is 0 Å². The number of aliphatic hydroxyl groups excluding tert-OH is 2. The molecule has 0 spiro atoms. The van der Waals surface area contributed by atoms with Crippen LogP contribution in [0.25, 0.3) is 5.76 Å². The van der Waals surface area contributed by atoms with Crippen molar-refractivity contribution in [2.75, 3.05) is 28.2 Å². The summed E-state index contributed by atoms with van der Waals surface area (Å²) in [6.45, 7) is 0. The number of fused-ring (bicyclic) bond motifs is 3. The standard InChI is InChI=1S/C23H27N3O7/c1-25(2)23(26(3)4)13-9-11-8-10-6-5-7-12(27)14(10)17(28)15(11)18(29)22(13,33)19(30)16(20(23)31)21(24)32/h5-7,11,13,27-28,31,33H,8-9H2,1-4H3,(H2,24,32). The summed E-state index contributed by atoms with van der Waals surface area (Å²) in [4.78, 5) is 42.5. The number of hydrogen-bond donors (Lipinski definition) is 5. The molecule has 1 aromatic rings. The van der Waals surface area contributed by atoms with Crippen LogP contribution in [-0.2, 0) is 20.8 Å². The molecule has 3 atom stereocenters. The van der Waals surface area contributed by atoms with Crippen LogP contribution in [0.3, 0.4) is 0 Å². The minimum absolute atomic E-state index is 0.0227. The summed E-state index contributed by atoms with van der Waals surface area (Å²) in [5.74, 6) is -6.84. The number of likely N-dealkylation sites (N-methyl/N-ethyl adjacent to an activating group) is 2. The van der Waals surface area contributed by atoms with E-state index >= 15 is 0 Å². The number of amides is 1. The molecular formula is C23H27N3O7. The van der Waals surface area contributed by atoms with Gasteiger partial charge in [0, 0.05) is 11.5 Å². The van der Waals surface area contributed by atoms with E-state index in [1.165, 1.54) is 15.9 Å². The van der Waals surface area contributed by atoms with Gasteiger partial charge in [-0.15, -0.1) is 0 Å². The Morgan fingerprint density at radius 1 is 1.06 bits per heavy atom. The van der Waals surface area contributed by atoms with E-state index in [2.05, 4.69) is 0 Å². The van der Waals surface area contributed by atoms with E-state index in [9.17, 15) is 34.8 Å². The highest BCUT2D eigenvalue weighted by molar-refractivity contribution is 6.33. The number of primary amides is 1. The Morgan fingerprint density at radius 2 is 1.67 bits per heavy atom. The van der Waals surface area contributed by atoms with Gasteiger partial charge in [0.05, 0.1) is 5.56 Å². The maximum Gasteiger partial charge on any atom is 0.256 e. The number of phenols is 1. The molecule has 0 aliphatic heterocycles. The van der Waals surface area contributed by atoms with Gasteiger partial charge in [-0.05, 0) is 58.6 Å². The Balaban J connectivity index is 2.05. The zero-order valence-corrected chi connectivity index (χ0v) is 18.8. The molecule has 4 rings (SSSR count). The van der Waals surface area contributed by atoms with Crippen LogP contribution in [0.4, 0.5) is 0 Å². The number of carbonyl (C=O) groups excluding carboxylic acids is 3. The molecule has 3 unspecified atom stereocenters. The van der Waals surface area contributed by atoms with Crippen LogP contribution in [0.2, 0.25) is 0 Å². The Kier molecular flexibility index (Phi) is 4.97. The van der Waals surface area contributed by atoms with Crippen LogP contribution < -0.4 is 5.73 Å². The molecule has 6 N–H and O–H groups in total. The molecule has 3 aliphatic rings. The van der Waals surface area contributed by atoms with Crippen molar-refractivity contribution >= 4 is 23.2 Å². The van der Waals surface area contributed by atoms with Crippen LogP contribution in [0, 0.1) is 11.8 Å². The van der Waals surface area contributed by atoms with Gasteiger partial charge >= 0.3 is 0 Å². The highest BCUT2D eigenvalue weighted by Gasteiger charge is 2.70. The predicted octanol–water partition coefficient (Wildman–Crippen LogP) is -0.147. The van der Waals surface area contributed by atoms with E-state index in [4.69, 9.17) is 5.73 Å². The lowest BCUT2D eigenvalue weighted by atomic mass is 9.55. The second-order valence-electron chi connectivity index (χ2n) is 9.29. The van der Waals surface area contributed by atoms with Gasteiger partial charge in [0.2, 0.25) is 11.6 Å². The molecule has 0 radical (unpaired) electrons. The molecule has 1 amide bonds. The van der Waals surface area contributed by atoms with Crippen molar-refractivity contribution in [2.45, 2.75) is 24.1 Å². The zero-order chi connectivity index (χ0) is 24.6. The number of aromatic hydroxyl groups is 1. The molecule has 10 nitrogen and oxygen atoms in total. The molecule has 3 aliphatic carbocycles. The van der Waals surface area contributed by atoms with Gasteiger partial charge in [-0.3, -0.25) is 24.2 Å². The van der Waals surface area contributed by atoms with E-state index in [0.29, 0.717) is 5.56 Å². The van der Waals surface area contributed by atoms with Crippen molar-refractivity contribution < 1.29 is 34.8 Å². The summed E-state index contributed by atoms with van der Waals surface area (Å²) in [6, 6.07) is 4.70. The van der Waals surface area contributed by atoms with Gasteiger partial charge in [-0.2, -0.15) is 0 Å². The topological polar surface area (TPSA) is 165 Å². The second kappa shape index (κ2) is 7.14. The second-order valence-corrected chi connectivity index (χ2v) is 9.29. The number of benzene rings is 1. The molecule has 0 saturated heterocycles. The lowest BCUT2D eigenvalue weighted by Gasteiger charge is -2.58. The lowest BCUT2D eigenvalue weighted by Crippen LogP contribution is -2.76. The predicted molar refractivity (Wildman–Crippen MR) is 117 cm³/mol. The van der Waals surface area contributed by atoms with E-state index in [1.807, 2.05) is 0 Å². The van der Waals surface area contributed by atoms with E-state index in [0.717, 1.165) is 0 Å². The van der Waals surface area contributed by atoms with Crippen molar-refractivity contribution in [1.82, 2.24) is 9.80 Å². The number of aliphatic hydroxyl groups is 3. The summed E-state index contributed by atoms with van der Waals surface area (Å²) >= 11 is 0. The monoisotopic (exact) mass is 457 g/mol. The number of carbonyl (C=O) groups is 3. The Morgan fingerprint density at radius 3 is 2.21 bits per heavy atom. The first-order valence-corrected chi connectivity index (χ1v) is 10.5. The third-order valence-electron chi connectivity index (χ3n) is 7.37. The summed E-state index contributed by atoms with van der Waals surface area (Å²) in [6.07, 6.45) is 0.286. The lowest BCUT2D eigenvalue weighted by molar-refractivity contribution is -0.182. The van der Waals surface area contributed by atoms with Crippen LogP contribution in [0.5, 0.6) is 5.75 Å². The number of ketones is 2. The number of phenolic OH excluding ortho intramolecular Hbond substituents is 1. The van der Waals surface area contributed by atoms with E-state index in [1.54, 1.807) is 40.3 Å². The van der Waals surface area contributed by atoms with E-state index < -0.39 is 57.7 Å². The molecule has 1 fully saturated rings. The summed E-state index contributed by atoms with van der Waals surface area (Å²) in [7, 11) is 6.36. The Labute approximate surface area is 190 Å². The van der Waals surface area contributed by atoms with Crippen LogP contribution in [0.15, 0.2) is 35.1 Å². The maximum absolute atomic E-state index is 13.8. The van der Waals surface area contributed by atoms with Crippen LogP contribution in [0.1, 0.15) is 17.5 Å². The van der Waals surface area contributed by atoms with Gasteiger partial charge in [-0.1, -0.05) is 12.1 Å². The highest BCUT2D eigenvalue weighted by atomic mass is 16.3. The van der Waals surface area contributed by atoms with Crippen molar-refractivity contribution in [3.8, 4) is 5.75 Å². The van der Waals surface area contributed by atoms with Crippen molar-refractivity contribution in [3.05, 3.63) is 46.2 Å². The molecule has 0 bridgehead atoms. The molecule has 1 aromatic carbocycles. The summed E-state index contributed by atoms with van der Waals surface area (Å²) in [5, 5.41) is 44.2. The fourth-order valence-electron chi connectivity index (χ4n) is 6.08. The van der Waals surface area contributed by atoms with Gasteiger partial charge in [0.25, 0.3) is 5.91 Å². The largest absolute Gasteiger partial charge is 0.508 e. The van der Waals surface area contributed by atoms with Crippen molar-refractivity contribution in [2.24, 2.45) is 17.6 Å². The number of Topliss-reactive ketones (excluding diaryl/α,β-unsaturated/α-hetero) is 2. The first-order chi connectivity index (χ1) is 15.3. The number of hydrogen-bond acceptors (Lipinski definition) is 9. The number of nitrogens with zero attached hydrogens (tertiary/aromatic N) is 2. The van der Waals surface area contributed by atoms with Crippen LogP contribution in [-0.4, -0.2) is 87.2 Å². The average molecular weight is 457 g/mol. The molecule has 0 aromatic heterocycles. The molecular weight excluding hydrogens is 430 g/mol. The highest BCUT2D eigenvalue weighted by Crippen LogP contribution is 2.55. The third kappa shape index (κ3) is 2.62. The number of rotatable bonds is 3. The normalized spacial score (nSPS) is 28.7. The first-order valence-electron chi connectivity index (χ1n) is 10.5. The quantitative estimate of drug-likeness (QED) is 0.236. The molecule has 33 heavy (non-hydrogen) atoms. The Hall–Kier alpha value is -3.21.